The van der Waals surface area contributed by atoms with Crippen LogP contribution in [-0.4, -0.2) is 44.2 Å². The Morgan fingerprint density at radius 1 is 1.47 bits per heavy atom. The smallest absolute Gasteiger partial charge is 0.230 e. The van der Waals surface area contributed by atoms with E-state index in [1.165, 1.54) is 4.31 Å². The molecule has 1 aliphatic heterocycles. The van der Waals surface area contributed by atoms with Crippen molar-refractivity contribution in [3.05, 3.63) is 0 Å². The average molecular weight is 287 g/mol. The minimum absolute atomic E-state index is 0.349. The topological polar surface area (TPSA) is 73.2 Å². The predicted octanol–water partition coefficient (Wildman–Crippen LogP) is 1.33. The van der Waals surface area contributed by atoms with Crippen molar-refractivity contribution in [2.24, 2.45) is 5.92 Å². The van der Waals surface area contributed by atoms with Gasteiger partial charge in [-0.25, -0.2) is 12.7 Å². The number of hydrogen-bond donors (Lipinski definition) is 1. The molecule has 0 bridgehead atoms. The molecule has 5 nitrogen and oxygen atoms in total. The lowest BCUT2D eigenvalue weighted by Gasteiger charge is -2.30. The lowest BCUT2D eigenvalue weighted by Crippen LogP contribution is -2.44. The molecule has 0 amide bonds. The Hall–Kier alpha value is -0.640. The maximum Gasteiger partial charge on any atom is 0.230 e. The van der Waals surface area contributed by atoms with Crippen molar-refractivity contribution >= 4 is 10.0 Å². The highest BCUT2D eigenvalue weighted by Gasteiger charge is 2.32. The number of piperidine rings is 1. The first-order chi connectivity index (χ1) is 9.06. The molecule has 1 fully saturated rings. The van der Waals surface area contributed by atoms with E-state index in [9.17, 15) is 8.42 Å². The van der Waals surface area contributed by atoms with E-state index >= 15 is 0 Å². The third-order valence-corrected chi connectivity index (χ3v) is 5.78. The molecule has 1 saturated heterocycles. The van der Waals surface area contributed by atoms with Crippen molar-refractivity contribution in [1.29, 1.82) is 5.26 Å². The van der Waals surface area contributed by atoms with Gasteiger partial charge in [0.2, 0.25) is 10.0 Å². The monoisotopic (exact) mass is 287 g/mol. The summed E-state index contributed by atoms with van der Waals surface area (Å²) in [5.74, 6) is 0.367. The van der Waals surface area contributed by atoms with Crippen LogP contribution in [0.5, 0.6) is 0 Å². The van der Waals surface area contributed by atoms with E-state index in [0.29, 0.717) is 25.4 Å². The summed E-state index contributed by atoms with van der Waals surface area (Å²) in [6.07, 6.45) is 3.29. The third kappa shape index (κ3) is 4.44. The Morgan fingerprint density at radius 2 is 2.21 bits per heavy atom. The summed E-state index contributed by atoms with van der Waals surface area (Å²) in [4.78, 5) is 0. The minimum Gasteiger partial charge on any atom is -0.316 e. The molecule has 1 N–H and O–H groups in total. The second-order valence-corrected chi connectivity index (χ2v) is 7.26. The summed E-state index contributed by atoms with van der Waals surface area (Å²) >= 11 is 0. The fraction of sp³-hybridized carbons (Fsp3) is 0.923. The first kappa shape index (κ1) is 16.4. The fourth-order valence-corrected chi connectivity index (χ4v) is 4.26. The van der Waals surface area contributed by atoms with E-state index < -0.39 is 15.3 Å². The molecule has 2 unspecified atom stereocenters. The van der Waals surface area contributed by atoms with Gasteiger partial charge in [-0.3, -0.25) is 0 Å². The van der Waals surface area contributed by atoms with Crippen LogP contribution in [0.4, 0.5) is 0 Å². The van der Waals surface area contributed by atoms with Crippen LogP contribution in [0, 0.1) is 17.2 Å². The van der Waals surface area contributed by atoms with Crippen molar-refractivity contribution in [2.75, 3.05) is 26.2 Å². The second-order valence-electron chi connectivity index (χ2n) is 5.14. The molecule has 19 heavy (non-hydrogen) atoms. The van der Waals surface area contributed by atoms with Crippen molar-refractivity contribution in [3.8, 4) is 6.07 Å². The van der Waals surface area contributed by atoms with Crippen molar-refractivity contribution in [2.45, 2.75) is 44.8 Å². The first-order valence-corrected chi connectivity index (χ1v) is 8.65. The number of rotatable bonds is 7. The van der Waals surface area contributed by atoms with E-state index in [2.05, 4.69) is 5.32 Å². The van der Waals surface area contributed by atoms with Gasteiger partial charge in [0.1, 0.15) is 0 Å². The van der Waals surface area contributed by atoms with Crippen LogP contribution in [0.3, 0.4) is 0 Å². The molecule has 0 saturated carbocycles. The van der Waals surface area contributed by atoms with Crippen LogP contribution in [0.1, 0.15) is 39.5 Å². The van der Waals surface area contributed by atoms with Crippen LogP contribution in [0.15, 0.2) is 0 Å². The minimum atomic E-state index is -3.48. The van der Waals surface area contributed by atoms with Gasteiger partial charge in [0, 0.05) is 13.1 Å². The zero-order valence-corrected chi connectivity index (χ0v) is 12.7. The number of nitriles is 1. The zero-order chi connectivity index (χ0) is 14.3. The molecule has 0 spiro atoms. The Kier molecular flexibility index (Phi) is 6.76. The summed E-state index contributed by atoms with van der Waals surface area (Å²) in [5, 5.41) is 11.4. The molecular formula is C13H25N3O2S. The van der Waals surface area contributed by atoms with Crippen LogP contribution >= 0.6 is 0 Å². The molecule has 0 aromatic carbocycles. The lowest BCUT2D eigenvalue weighted by atomic mass is 10.00. The van der Waals surface area contributed by atoms with Gasteiger partial charge in [-0.2, -0.15) is 5.26 Å². The molecule has 0 radical (unpaired) electrons. The summed E-state index contributed by atoms with van der Waals surface area (Å²) < 4.78 is 26.4. The molecular weight excluding hydrogens is 262 g/mol. The molecule has 0 aromatic rings. The molecule has 0 aliphatic carbocycles. The van der Waals surface area contributed by atoms with Gasteiger partial charge in [-0.1, -0.05) is 13.8 Å². The Bertz CT molecular complexity index is 397. The Morgan fingerprint density at radius 3 is 2.68 bits per heavy atom. The largest absolute Gasteiger partial charge is 0.316 e. The van der Waals surface area contributed by atoms with Crippen LogP contribution < -0.4 is 5.32 Å². The normalized spacial score (nSPS) is 22.1. The Balaban J connectivity index is 2.78. The summed E-state index contributed by atoms with van der Waals surface area (Å²) in [6, 6.07) is 1.92. The second kappa shape index (κ2) is 7.83. The van der Waals surface area contributed by atoms with Crippen molar-refractivity contribution in [3.63, 3.8) is 0 Å². The van der Waals surface area contributed by atoms with E-state index in [1.807, 2.05) is 13.0 Å². The maximum absolute atomic E-state index is 12.4. The molecule has 0 aromatic heterocycles. The van der Waals surface area contributed by atoms with Gasteiger partial charge in [0.15, 0.2) is 5.25 Å². The third-order valence-electron chi connectivity index (χ3n) is 3.57. The fourth-order valence-electron chi connectivity index (χ4n) is 2.49. The maximum atomic E-state index is 12.4. The lowest BCUT2D eigenvalue weighted by molar-refractivity contribution is 0.290. The van der Waals surface area contributed by atoms with E-state index in [-0.39, 0.29) is 0 Å². The van der Waals surface area contributed by atoms with Crippen LogP contribution in [0.2, 0.25) is 0 Å². The Labute approximate surface area is 117 Å². The highest BCUT2D eigenvalue weighted by Crippen LogP contribution is 2.18. The number of sulfonamides is 1. The van der Waals surface area contributed by atoms with Crippen molar-refractivity contribution in [1.82, 2.24) is 9.62 Å². The number of hydrogen-bond acceptors (Lipinski definition) is 4. The summed E-state index contributed by atoms with van der Waals surface area (Å²) in [7, 11) is -3.48. The molecule has 6 heteroatoms. The van der Waals surface area contributed by atoms with Gasteiger partial charge in [-0.05, 0) is 44.7 Å². The molecule has 1 rings (SSSR count). The predicted molar refractivity (Wildman–Crippen MR) is 76.1 cm³/mol. The molecule has 1 aliphatic rings. The van der Waals surface area contributed by atoms with Crippen LogP contribution in [0.25, 0.3) is 0 Å². The van der Waals surface area contributed by atoms with Gasteiger partial charge in [0.05, 0.1) is 6.07 Å². The van der Waals surface area contributed by atoms with Gasteiger partial charge >= 0.3 is 0 Å². The molecule has 1 heterocycles. The first-order valence-electron chi connectivity index (χ1n) is 7.15. The highest BCUT2D eigenvalue weighted by molar-refractivity contribution is 7.90. The van der Waals surface area contributed by atoms with Gasteiger partial charge in [-0.15, -0.1) is 0 Å². The average Bonchev–Trinajstić information content (AvgIpc) is 2.40. The van der Waals surface area contributed by atoms with Crippen molar-refractivity contribution < 1.29 is 8.42 Å². The molecule has 2 atom stereocenters. The highest BCUT2D eigenvalue weighted by atomic mass is 32.2. The van der Waals surface area contributed by atoms with E-state index in [1.54, 1.807) is 6.92 Å². The summed E-state index contributed by atoms with van der Waals surface area (Å²) in [5.41, 5.74) is 0. The standard InChI is InChI=1S/C13H25N3O2S/c1-3-8-16(11-12-6-5-7-15-10-12)19(17,18)13(4-2)9-14/h12-13,15H,3-8,10-11H2,1-2H3. The molecule has 110 valence electrons. The van der Waals surface area contributed by atoms with Gasteiger partial charge in [0.25, 0.3) is 0 Å². The van der Waals surface area contributed by atoms with E-state index in [4.69, 9.17) is 5.26 Å². The van der Waals surface area contributed by atoms with Gasteiger partial charge < -0.3 is 5.32 Å². The summed E-state index contributed by atoms with van der Waals surface area (Å²) in [6.45, 7) is 6.66. The SMILES string of the molecule is CCCN(CC1CCCNC1)S(=O)(=O)C(C#N)CC. The number of nitrogens with zero attached hydrogens (tertiary/aromatic N) is 2. The zero-order valence-electron chi connectivity index (χ0n) is 11.9. The van der Waals surface area contributed by atoms with Crippen LogP contribution in [-0.2, 0) is 10.0 Å². The quantitative estimate of drug-likeness (QED) is 0.766. The van der Waals surface area contributed by atoms with E-state index in [0.717, 1.165) is 32.4 Å². The number of nitrogens with one attached hydrogen (secondary N) is 1.